The Labute approximate surface area is 113 Å². The average molecular weight is 252 g/mol. The Morgan fingerprint density at radius 1 is 1.26 bits per heavy atom. The number of aromatic amines is 1. The third kappa shape index (κ3) is 2.15. The summed E-state index contributed by atoms with van der Waals surface area (Å²) in [7, 11) is 0. The molecule has 96 valence electrons. The van der Waals surface area contributed by atoms with Crippen molar-refractivity contribution >= 4 is 16.7 Å². The predicted octanol–water partition coefficient (Wildman–Crippen LogP) is 2.69. The number of aromatic nitrogens is 1. The largest absolute Gasteiger partial charge is 0.293 e. The van der Waals surface area contributed by atoms with Crippen LogP contribution in [0.1, 0.15) is 30.9 Å². The summed E-state index contributed by atoms with van der Waals surface area (Å²) in [6.45, 7) is 4.24. The number of anilines is 1. The molecule has 3 nitrogen and oxygen atoms in total. The fraction of sp³-hybridized carbons (Fsp3) is 0.375. The van der Waals surface area contributed by atoms with Crippen LogP contribution in [0.25, 0.3) is 10.9 Å². The van der Waals surface area contributed by atoms with Crippen molar-refractivity contribution in [2.45, 2.75) is 26.2 Å². The van der Waals surface area contributed by atoms with Gasteiger partial charge in [-0.15, -0.1) is 0 Å². The molecule has 0 atom stereocenters. The van der Waals surface area contributed by atoms with Crippen LogP contribution in [-0.2, 0) is 6.42 Å². The third-order valence-electron chi connectivity index (χ3n) is 3.87. The van der Waals surface area contributed by atoms with Crippen molar-refractivity contribution in [2.75, 3.05) is 18.0 Å². The number of nitrogens with zero attached hydrogens (tertiary/aromatic N) is 2. The van der Waals surface area contributed by atoms with Crippen LogP contribution in [0.2, 0.25) is 0 Å². The van der Waals surface area contributed by atoms with Crippen LogP contribution in [0.5, 0.6) is 0 Å². The number of H-pyrrole nitrogens is 1. The van der Waals surface area contributed by atoms with E-state index in [0.717, 1.165) is 41.8 Å². The van der Waals surface area contributed by atoms with Gasteiger partial charge in [0.1, 0.15) is 17.1 Å². The van der Waals surface area contributed by atoms with Crippen molar-refractivity contribution in [3.05, 3.63) is 35.4 Å². The summed E-state index contributed by atoms with van der Waals surface area (Å²) in [4.78, 5) is 5.73. The Morgan fingerprint density at radius 2 is 2.05 bits per heavy atom. The number of fused-ring (bicyclic) bond motifs is 1. The van der Waals surface area contributed by atoms with E-state index in [2.05, 4.69) is 41.1 Å². The van der Waals surface area contributed by atoms with Gasteiger partial charge in [-0.3, -0.25) is 4.90 Å². The molecule has 0 bridgehead atoms. The molecule has 0 radical (unpaired) electrons. The molecular formula is C16H18N3+. The van der Waals surface area contributed by atoms with E-state index in [0.29, 0.717) is 0 Å². The number of pyridine rings is 1. The normalized spacial score (nSPS) is 14.8. The Balaban J connectivity index is 2.15. The first-order chi connectivity index (χ1) is 9.31. The van der Waals surface area contributed by atoms with Gasteiger partial charge in [0.05, 0.1) is 13.1 Å². The molecule has 1 fully saturated rings. The smallest absolute Gasteiger partial charge is 0.261 e. The summed E-state index contributed by atoms with van der Waals surface area (Å²) in [5.74, 6) is 0.983. The monoisotopic (exact) mass is 252 g/mol. The van der Waals surface area contributed by atoms with Gasteiger partial charge in [0.15, 0.2) is 0 Å². The van der Waals surface area contributed by atoms with Crippen LogP contribution >= 0.6 is 0 Å². The second kappa shape index (κ2) is 4.89. The minimum absolute atomic E-state index is 0.752. The SMILES string of the molecule is CCc1ccc2[nH+]c(N3CCCC3)c(C#N)cc2c1. The molecule has 3 rings (SSSR count). The van der Waals surface area contributed by atoms with Gasteiger partial charge in [0, 0.05) is 5.39 Å². The first-order valence-corrected chi connectivity index (χ1v) is 6.96. The highest BCUT2D eigenvalue weighted by molar-refractivity contribution is 5.79. The zero-order valence-corrected chi connectivity index (χ0v) is 11.2. The number of aryl methyl sites for hydroxylation is 1. The summed E-state index contributed by atoms with van der Waals surface area (Å²) in [5.41, 5.74) is 3.17. The van der Waals surface area contributed by atoms with Crippen LogP contribution in [0, 0.1) is 11.3 Å². The molecule has 0 aliphatic carbocycles. The first kappa shape index (κ1) is 12.0. The van der Waals surface area contributed by atoms with Crippen LogP contribution < -0.4 is 9.88 Å². The van der Waals surface area contributed by atoms with Gasteiger partial charge < -0.3 is 0 Å². The molecule has 1 N–H and O–H groups in total. The number of hydrogen-bond donors (Lipinski definition) is 0. The molecule has 3 heteroatoms. The molecule has 2 heterocycles. The van der Waals surface area contributed by atoms with Crippen molar-refractivity contribution in [1.82, 2.24) is 0 Å². The van der Waals surface area contributed by atoms with Crippen molar-refractivity contribution in [3.8, 4) is 6.07 Å². The fourth-order valence-corrected chi connectivity index (χ4v) is 2.76. The lowest BCUT2D eigenvalue weighted by atomic mass is 10.1. The van der Waals surface area contributed by atoms with Gasteiger partial charge in [-0.05, 0) is 43.0 Å². The van der Waals surface area contributed by atoms with Crippen molar-refractivity contribution in [3.63, 3.8) is 0 Å². The van der Waals surface area contributed by atoms with E-state index in [4.69, 9.17) is 0 Å². The van der Waals surface area contributed by atoms with Gasteiger partial charge in [0.25, 0.3) is 5.82 Å². The van der Waals surface area contributed by atoms with Gasteiger partial charge in [-0.1, -0.05) is 13.0 Å². The highest BCUT2D eigenvalue weighted by Gasteiger charge is 2.24. The van der Waals surface area contributed by atoms with Crippen molar-refractivity contribution in [1.29, 1.82) is 5.26 Å². The maximum absolute atomic E-state index is 9.37. The van der Waals surface area contributed by atoms with Crippen LogP contribution in [0.4, 0.5) is 5.82 Å². The Morgan fingerprint density at radius 3 is 2.74 bits per heavy atom. The summed E-state index contributed by atoms with van der Waals surface area (Å²) in [6.07, 6.45) is 3.45. The van der Waals surface area contributed by atoms with E-state index in [9.17, 15) is 5.26 Å². The molecule has 19 heavy (non-hydrogen) atoms. The second-order valence-electron chi connectivity index (χ2n) is 5.11. The number of nitrogens with one attached hydrogen (secondary N) is 1. The van der Waals surface area contributed by atoms with E-state index < -0.39 is 0 Å². The van der Waals surface area contributed by atoms with E-state index in [1.165, 1.54) is 18.4 Å². The number of benzene rings is 1. The van der Waals surface area contributed by atoms with Crippen LogP contribution in [0.3, 0.4) is 0 Å². The Hall–Kier alpha value is -2.08. The summed E-state index contributed by atoms with van der Waals surface area (Å²) in [5, 5.41) is 10.5. The zero-order valence-electron chi connectivity index (χ0n) is 11.2. The third-order valence-corrected chi connectivity index (χ3v) is 3.87. The van der Waals surface area contributed by atoms with Gasteiger partial charge >= 0.3 is 0 Å². The van der Waals surface area contributed by atoms with Gasteiger partial charge in [-0.25, -0.2) is 4.98 Å². The standard InChI is InChI=1S/C16H17N3/c1-2-12-5-6-15-13(9-12)10-14(11-17)16(18-15)19-7-3-4-8-19/h5-6,9-10H,2-4,7-8H2,1H3/p+1. The quantitative estimate of drug-likeness (QED) is 0.824. The van der Waals surface area contributed by atoms with Gasteiger partial charge in [0.2, 0.25) is 0 Å². The number of nitriles is 1. The lowest BCUT2D eigenvalue weighted by Gasteiger charge is -2.11. The topological polar surface area (TPSA) is 41.2 Å². The van der Waals surface area contributed by atoms with Gasteiger partial charge in [-0.2, -0.15) is 5.26 Å². The lowest BCUT2D eigenvalue weighted by Crippen LogP contribution is -2.27. The number of hydrogen-bond acceptors (Lipinski definition) is 2. The summed E-state index contributed by atoms with van der Waals surface area (Å²) in [6, 6.07) is 10.8. The van der Waals surface area contributed by atoms with E-state index in [-0.39, 0.29) is 0 Å². The Kier molecular flexibility index (Phi) is 3.08. The highest BCUT2D eigenvalue weighted by atomic mass is 15.2. The summed E-state index contributed by atoms with van der Waals surface area (Å²) >= 11 is 0. The molecule has 1 aliphatic rings. The molecule has 1 saturated heterocycles. The zero-order chi connectivity index (χ0) is 13.2. The number of rotatable bonds is 2. The molecule has 1 aromatic heterocycles. The Bertz CT molecular complexity index is 649. The first-order valence-electron chi connectivity index (χ1n) is 6.96. The maximum Gasteiger partial charge on any atom is 0.293 e. The second-order valence-corrected chi connectivity index (χ2v) is 5.11. The molecule has 0 saturated carbocycles. The molecule has 0 spiro atoms. The van der Waals surface area contributed by atoms with E-state index in [1.807, 2.05) is 6.07 Å². The predicted molar refractivity (Wildman–Crippen MR) is 76.0 cm³/mol. The molecule has 2 aromatic rings. The fourth-order valence-electron chi connectivity index (χ4n) is 2.76. The van der Waals surface area contributed by atoms with E-state index >= 15 is 0 Å². The van der Waals surface area contributed by atoms with Crippen molar-refractivity contribution in [2.24, 2.45) is 0 Å². The highest BCUT2D eigenvalue weighted by Crippen LogP contribution is 2.23. The van der Waals surface area contributed by atoms with Crippen LogP contribution in [0.15, 0.2) is 24.3 Å². The molecule has 0 unspecified atom stereocenters. The summed E-state index contributed by atoms with van der Waals surface area (Å²) < 4.78 is 0. The lowest BCUT2D eigenvalue weighted by molar-refractivity contribution is -0.330. The molecule has 0 amide bonds. The van der Waals surface area contributed by atoms with Crippen molar-refractivity contribution < 1.29 is 4.98 Å². The van der Waals surface area contributed by atoms with E-state index in [1.54, 1.807) is 0 Å². The minimum atomic E-state index is 0.752. The average Bonchev–Trinajstić information content (AvgIpc) is 2.99. The van der Waals surface area contributed by atoms with Crippen LogP contribution in [-0.4, -0.2) is 13.1 Å². The maximum atomic E-state index is 9.37. The molecule has 1 aromatic carbocycles. The minimum Gasteiger partial charge on any atom is -0.261 e. The molecule has 1 aliphatic heterocycles. The molecular weight excluding hydrogens is 234 g/mol.